The highest BCUT2D eigenvalue weighted by Gasteiger charge is 2.08. The van der Waals surface area contributed by atoms with Crippen LogP contribution in [-0.4, -0.2) is 18.2 Å². The fourth-order valence-corrected chi connectivity index (χ4v) is 1.87. The summed E-state index contributed by atoms with van der Waals surface area (Å²) in [6.07, 6.45) is 0. The molecule has 92 valence electrons. The summed E-state index contributed by atoms with van der Waals surface area (Å²) < 4.78 is 5.26. The van der Waals surface area contributed by atoms with Crippen LogP contribution in [0.3, 0.4) is 0 Å². The van der Waals surface area contributed by atoms with E-state index in [-0.39, 0.29) is 5.56 Å². The summed E-state index contributed by atoms with van der Waals surface area (Å²) in [6.45, 7) is 0. The third-order valence-electron chi connectivity index (χ3n) is 2.60. The zero-order chi connectivity index (χ0) is 13.1. The van der Waals surface area contributed by atoms with Gasteiger partial charge in [0.1, 0.15) is 5.75 Å². The summed E-state index contributed by atoms with van der Waals surface area (Å²) in [5.74, 6) is -0.248. The molecule has 0 aliphatic heterocycles. The molecule has 0 aliphatic carbocycles. The number of carboxylic acids is 1. The second kappa shape index (κ2) is 5.10. The Bertz CT molecular complexity index is 576. The van der Waals surface area contributed by atoms with Crippen LogP contribution >= 0.6 is 11.6 Å². The molecule has 0 saturated heterocycles. The molecule has 0 aromatic heterocycles. The van der Waals surface area contributed by atoms with E-state index < -0.39 is 5.97 Å². The maximum absolute atomic E-state index is 10.8. The lowest BCUT2D eigenvalue weighted by atomic mass is 10.0. The second-order valence-corrected chi connectivity index (χ2v) is 4.16. The van der Waals surface area contributed by atoms with E-state index in [4.69, 9.17) is 21.4 Å². The summed E-state index contributed by atoms with van der Waals surface area (Å²) in [6, 6.07) is 11.9. The van der Waals surface area contributed by atoms with Gasteiger partial charge < -0.3 is 9.84 Å². The van der Waals surface area contributed by atoms with Crippen LogP contribution in [0.15, 0.2) is 42.5 Å². The first kappa shape index (κ1) is 12.5. The Balaban J connectivity index is 2.48. The van der Waals surface area contributed by atoms with Crippen molar-refractivity contribution >= 4 is 17.6 Å². The van der Waals surface area contributed by atoms with Crippen molar-refractivity contribution in [2.45, 2.75) is 0 Å². The SMILES string of the molecule is COc1ccc(Cl)cc1-c1ccc(C(=O)O)cc1. The van der Waals surface area contributed by atoms with Gasteiger partial charge in [0, 0.05) is 10.6 Å². The van der Waals surface area contributed by atoms with E-state index in [1.807, 2.05) is 0 Å². The van der Waals surface area contributed by atoms with Crippen LogP contribution in [-0.2, 0) is 0 Å². The lowest BCUT2D eigenvalue weighted by molar-refractivity contribution is 0.0697. The molecule has 3 nitrogen and oxygen atoms in total. The number of carboxylic acid groups (broad SMARTS) is 1. The van der Waals surface area contributed by atoms with E-state index in [9.17, 15) is 4.79 Å². The van der Waals surface area contributed by atoms with E-state index in [2.05, 4.69) is 0 Å². The Morgan fingerprint density at radius 2 is 1.83 bits per heavy atom. The Morgan fingerprint density at radius 1 is 1.17 bits per heavy atom. The number of carbonyl (C=O) groups is 1. The first-order valence-corrected chi connectivity index (χ1v) is 5.67. The Kier molecular flexibility index (Phi) is 3.53. The van der Waals surface area contributed by atoms with Gasteiger partial charge in [-0.15, -0.1) is 0 Å². The lowest BCUT2D eigenvalue weighted by Crippen LogP contribution is -1.95. The molecule has 0 bridgehead atoms. The van der Waals surface area contributed by atoms with Gasteiger partial charge in [0.15, 0.2) is 0 Å². The van der Waals surface area contributed by atoms with Gasteiger partial charge in [-0.1, -0.05) is 23.7 Å². The van der Waals surface area contributed by atoms with Crippen LogP contribution in [0.1, 0.15) is 10.4 Å². The number of benzene rings is 2. The minimum Gasteiger partial charge on any atom is -0.496 e. The minimum atomic E-state index is -0.945. The summed E-state index contributed by atoms with van der Waals surface area (Å²) >= 11 is 5.96. The molecule has 0 amide bonds. The molecule has 0 unspecified atom stereocenters. The molecule has 0 saturated carbocycles. The maximum atomic E-state index is 10.8. The third kappa shape index (κ3) is 2.46. The highest BCUT2D eigenvalue weighted by molar-refractivity contribution is 6.31. The maximum Gasteiger partial charge on any atom is 0.335 e. The zero-order valence-electron chi connectivity index (χ0n) is 9.68. The topological polar surface area (TPSA) is 46.5 Å². The first-order chi connectivity index (χ1) is 8.61. The number of halogens is 1. The van der Waals surface area contributed by atoms with E-state index in [0.717, 1.165) is 11.1 Å². The van der Waals surface area contributed by atoms with Gasteiger partial charge in [-0.2, -0.15) is 0 Å². The van der Waals surface area contributed by atoms with E-state index in [0.29, 0.717) is 10.8 Å². The standard InChI is InChI=1S/C14H11ClO3/c1-18-13-7-6-11(15)8-12(13)9-2-4-10(5-3-9)14(16)17/h2-8H,1H3,(H,16,17). The zero-order valence-corrected chi connectivity index (χ0v) is 10.4. The summed E-state index contributed by atoms with van der Waals surface area (Å²) in [7, 11) is 1.58. The molecule has 4 heteroatoms. The van der Waals surface area contributed by atoms with Crippen molar-refractivity contribution < 1.29 is 14.6 Å². The smallest absolute Gasteiger partial charge is 0.335 e. The van der Waals surface area contributed by atoms with Gasteiger partial charge >= 0.3 is 5.97 Å². The largest absolute Gasteiger partial charge is 0.496 e. The molecule has 0 heterocycles. The summed E-state index contributed by atoms with van der Waals surface area (Å²) in [5.41, 5.74) is 1.95. The summed E-state index contributed by atoms with van der Waals surface area (Å²) in [5, 5.41) is 9.45. The van der Waals surface area contributed by atoms with Crippen molar-refractivity contribution in [2.24, 2.45) is 0 Å². The van der Waals surface area contributed by atoms with Crippen LogP contribution in [0, 0.1) is 0 Å². The molecule has 2 rings (SSSR count). The van der Waals surface area contributed by atoms with Crippen molar-refractivity contribution in [3.05, 3.63) is 53.1 Å². The van der Waals surface area contributed by atoms with Gasteiger partial charge in [0.2, 0.25) is 0 Å². The van der Waals surface area contributed by atoms with E-state index in [1.165, 1.54) is 0 Å². The van der Waals surface area contributed by atoms with Gasteiger partial charge in [-0.25, -0.2) is 4.79 Å². The van der Waals surface area contributed by atoms with Crippen LogP contribution < -0.4 is 4.74 Å². The highest BCUT2D eigenvalue weighted by Crippen LogP contribution is 2.32. The number of hydrogen-bond acceptors (Lipinski definition) is 2. The van der Waals surface area contributed by atoms with Gasteiger partial charge in [-0.05, 0) is 35.9 Å². The van der Waals surface area contributed by atoms with Crippen LogP contribution in [0.2, 0.25) is 5.02 Å². The van der Waals surface area contributed by atoms with Crippen LogP contribution in [0.25, 0.3) is 11.1 Å². The van der Waals surface area contributed by atoms with Gasteiger partial charge in [-0.3, -0.25) is 0 Å². The highest BCUT2D eigenvalue weighted by atomic mass is 35.5. The van der Waals surface area contributed by atoms with Crippen molar-refractivity contribution in [2.75, 3.05) is 7.11 Å². The fourth-order valence-electron chi connectivity index (χ4n) is 1.70. The number of methoxy groups -OCH3 is 1. The molecular weight excluding hydrogens is 252 g/mol. The van der Waals surface area contributed by atoms with Crippen molar-refractivity contribution in [3.63, 3.8) is 0 Å². The predicted molar refractivity (Wildman–Crippen MR) is 70.4 cm³/mol. The summed E-state index contributed by atoms with van der Waals surface area (Å²) in [4.78, 5) is 10.8. The average molecular weight is 263 g/mol. The second-order valence-electron chi connectivity index (χ2n) is 3.73. The Labute approximate surface area is 110 Å². The third-order valence-corrected chi connectivity index (χ3v) is 2.84. The Hall–Kier alpha value is -2.00. The molecule has 0 atom stereocenters. The minimum absolute atomic E-state index is 0.250. The monoisotopic (exact) mass is 262 g/mol. The lowest BCUT2D eigenvalue weighted by Gasteiger charge is -2.09. The first-order valence-electron chi connectivity index (χ1n) is 5.29. The van der Waals surface area contributed by atoms with Gasteiger partial charge in [0.05, 0.1) is 12.7 Å². The molecule has 0 aliphatic rings. The average Bonchev–Trinajstić information content (AvgIpc) is 2.39. The van der Waals surface area contributed by atoms with E-state index in [1.54, 1.807) is 49.6 Å². The van der Waals surface area contributed by atoms with Gasteiger partial charge in [0.25, 0.3) is 0 Å². The molecular formula is C14H11ClO3. The number of aromatic carboxylic acids is 1. The quantitative estimate of drug-likeness (QED) is 0.917. The predicted octanol–water partition coefficient (Wildman–Crippen LogP) is 3.71. The Morgan fingerprint density at radius 3 is 2.39 bits per heavy atom. The van der Waals surface area contributed by atoms with Crippen LogP contribution in [0.5, 0.6) is 5.75 Å². The number of rotatable bonds is 3. The molecule has 0 spiro atoms. The number of ether oxygens (including phenoxy) is 1. The molecule has 18 heavy (non-hydrogen) atoms. The van der Waals surface area contributed by atoms with Crippen molar-refractivity contribution in [3.8, 4) is 16.9 Å². The normalized spacial score (nSPS) is 10.1. The molecule has 0 fully saturated rings. The fraction of sp³-hybridized carbons (Fsp3) is 0.0714. The molecule has 2 aromatic rings. The molecule has 1 N–H and O–H groups in total. The van der Waals surface area contributed by atoms with Crippen molar-refractivity contribution in [1.29, 1.82) is 0 Å². The van der Waals surface area contributed by atoms with E-state index >= 15 is 0 Å². The van der Waals surface area contributed by atoms with Crippen molar-refractivity contribution in [1.82, 2.24) is 0 Å². The van der Waals surface area contributed by atoms with Crippen LogP contribution in [0.4, 0.5) is 0 Å². The number of hydrogen-bond donors (Lipinski definition) is 1. The molecule has 2 aromatic carbocycles. The molecule has 0 radical (unpaired) electrons.